The average Bonchev–Trinajstić information content (AvgIpc) is 3.52. The summed E-state index contributed by atoms with van der Waals surface area (Å²) in [5.74, 6) is 0.564. The lowest BCUT2D eigenvalue weighted by atomic mass is 10.0. The number of H-pyrrole nitrogens is 2. The lowest BCUT2D eigenvalue weighted by Crippen LogP contribution is -2.13. The lowest BCUT2D eigenvalue weighted by Gasteiger charge is -2.09. The van der Waals surface area contributed by atoms with Gasteiger partial charge in [-0.05, 0) is 59.0 Å². The zero-order chi connectivity index (χ0) is 26.2. The van der Waals surface area contributed by atoms with Crippen molar-refractivity contribution in [2.75, 3.05) is 5.32 Å². The third kappa shape index (κ3) is 4.52. The number of rotatable bonds is 6. The minimum atomic E-state index is -0.315. The highest BCUT2D eigenvalue weighted by atomic mass is 19.1. The first-order valence-electron chi connectivity index (χ1n) is 12.4. The molecule has 0 fully saturated rings. The van der Waals surface area contributed by atoms with Crippen molar-refractivity contribution in [2.24, 2.45) is 5.92 Å². The molecule has 188 valence electrons. The van der Waals surface area contributed by atoms with Crippen molar-refractivity contribution >= 4 is 33.5 Å². The summed E-state index contributed by atoms with van der Waals surface area (Å²) in [4.78, 5) is 24.7. The Morgan fingerprint density at radius 2 is 1.76 bits per heavy atom. The molecule has 0 radical (unpaired) electrons. The fourth-order valence-electron chi connectivity index (χ4n) is 4.65. The van der Waals surface area contributed by atoms with E-state index in [1.165, 1.54) is 12.1 Å². The molecule has 38 heavy (non-hydrogen) atoms. The van der Waals surface area contributed by atoms with Crippen LogP contribution in [0.2, 0.25) is 0 Å². The van der Waals surface area contributed by atoms with Crippen LogP contribution in [-0.2, 0) is 4.79 Å². The number of carbonyl (C=O) groups excluding carboxylic acids is 1. The van der Waals surface area contributed by atoms with E-state index in [2.05, 4.69) is 31.5 Å². The fourth-order valence-corrected chi connectivity index (χ4v) is 4.65. The highest BCUT2D eigenvalue weighted by Gasteiger charge is 2.16. The van der Waals surface area contributed by atoms with Crippen molar-refractivity contribution in [1.29, 1.82) is 0 Å². The van der Waals surface area contributed by atoms with Crippen LogP contribution in [0, 0.1) is 11.7 Å². The number of anilines is 1. The number of imidazole rings is 1. The van der Waals surface area contributed by atoms with Crippen LogP contribution in [0.15, 0.2) is 79.1 Å². The molecule has 0 aliphatic carbocycles. The molecule has 7 nitrogen and oxygen atoms in total. The van der Waals surface area contributed by atoms with E-state index in [9.17, 15) is 9.18 Å². The molecule has 3 aromatic carbocycles. The molecule has 0 saturated carbocycles. The lowest BCUT2D eigenvalue weighted by molar-refractivity contribution is -0.116. The number of aromatic amines is 2. The Hall–Kier alpha value is -4.85. The number of nitrogens with one attached hydrogen (secondary N) is 3. The molecule has 0 spiro atoms. The Balaban J connectivity index is 1.38. The van der Waals surface area contributed by atoms with Gasteiger partial charge in [0.1, 0.15) is 11.5 Å². The van der Waals surface area contributed by atoms with Crippen LogP contribution < -0.4 is 5.32 Å². The number of nitrogens with zero attached hydrogens (tertiary/aromatic N) is 3. The molecule has 6 rings (SSSR count). The number of pyridine rings is 1. The first-order valence-corrected chi connectivity index (χ1v) is 12.4. The highest BCUT2D eigenvalue weighted by molar-refractivity contribution is 5.98. The van der Waals surface area contributed by atoms with E-state index in [1.54, 1.807) is 18.5 Å². The molecular weight excluding hydrogens is 479 g/mol. The molecule has 0 bridgehead atoms. The largest absolute Gasteiger partial charge is 0.335 e. The van der Waals surface area contributed by atoms with Crippen molar-refractivity contribution in [3.8, 4) is 33.8 Å². The highest BCUT2D eigenvalue weighted by Crippen LogP contribution is 2.33. The summed E-state index contributed by atoms with van der Waals surface area (Å²) in [6.07, 6.45) is 3.87. The Bertz CT molecular complexity index is 1800. The summed E-state index contributed by atoms with van der Waals surface area (Å²) in [5, 5.41) is 11.5. The maximum Gasteiger partial charge on any atom is 0.224 e. The SMILES string of the molecule is CC(C)CC(=O)Nc1cccc(-c2ccc3[nH]nc(-c4nc5c(-c6cccc(F)c6)cncc5[nH]4)c3c2)c1. The van der Waals surface area contributed by atoms with Crippen molar-refractivity contribution in [3.63, 3.8) is 0 Å². The third-order valence-corrected chi connectivity index (χ3v) is 6.39. The van der Waals surface area contributed by atoms with Crippen LogP contribution in [0.1, 0.15) is 20.3 Å². The van der Waals surface area contributed by atoms with Gasteiger partial charge in [0.25, 0.3) is 0 Å². The van der Waals surface area contributed by atoms with E-state index < -0.39 is 0 Å². The molecule has 0 aliphatic heterocycles. The maximum absolute atomic E-state index is 13.9. The quantitative estimate of drug-likeness (QED) is 0.228. The van der Waals surface area contributed by atoms with E-state index in [-0.39, 0.29) is 11.7 Å². The number of halogens is 1. The molecule has 3 aromatic heterocycles. The number of hydrogen-bond donors (Lipinski definition) is 3. The summed E-state index contributed by atoms with van der Waals surface area (Å²) in [5.41, 5.74) is 7.13. The monoisotopic (exact) mass is 504 g/mol. The first kappa shape index (κ1) is 23.5. The predicted octanol–water partition coefficient (Wildman–Crippen LogP) is 6.96. The molecule has 0 atom stereocenters. The van der Waals surface area contributed by atoms with Crippen molar-refractivity contribution in [3.05, 3.63) is 84.9 Å². The second-order valence-corrected chi connectivity index (χ2v) is 9.74. The van der Waals surface area contributed by atoms with Gasteiger partial charge in [-0.3, -0.25) is 14.9 Å². The van der Waals surface area contributed by atoms with Crippen molar-refractivity contribution < 1.29 is 9.18 Å². The number of fused-ring (bicyclic) bond motifs is 2. The molecule has 6 aromatic rings. The minimum Gasteiger partial charge on any atom is -0.335 e. The van der Waals surface area contributed by atoms with Crippen LogP contribution >= 0.6 is 0 Å². The molecule has 0 aliphatic rings. The van der Waals surface area contributed by atoms with E-state index >= 15 is 0 Å². The zero-order valence-electron chi connectivity index (χ0n) is 20.9. The number of carbonyl (C=O) groups is 1. The number of benzene rings is 3. The van der Waals surface area contributed by atoms with E-state index in [0.717, 1.165) is 38.8 Å². The Morgan fingerprint density at radius 1 is 0.947 bits per heavy atom. The molecule has 3 heterocycles. The molecule has 1 amide bonds. The molecule has 3 N–H and O–H groups in total. The Morgan fingerprint density at radius 3 is 2.61 bits per heavy atom. The predicted molar refractivity (Wildman–Crippen MR) is 148 cm³/mol. The second-order valence-electron chi connectivity index (χ2n) is 9.74. The fraction of sp³-hybridized carbons (Fsp3) is 0.133. The van der Waals surface area contributed by atoms with Gasteiger partial charge in [-0.25, -0.2) is 9.37 Å². The van der Waals surface area contributed by atoms with E-state index in [4.69, 9.17) is 4.98 Å². The van der Waals surface area contributed by atoms with Crippen LogP contribution in [0.5, 0.6) is 0 Å². The number of aromatic nitrogens is 5. The van der Waals surface area contributed by atoms with Gasteiger partial charge in [0.05, 0.1) is 22.7 Å². The summed E-state index contributed by atoms with van der Waals surface area (Å²) in [6.45, 7) is 4.04. The molecule has 0 unspecified atom stereocenters. The average molecular weight is 505 g/mol. The van der Waals surface area contributed by atoms with Gasteiger partial charge in [-0.2, -0.15) is 5.10 Å². The summed E-state index contributed by atoms with van der Waals surface area (Å²) < 4.78 is 13.9. The van der Waals surface area contributed by atoms with Crippen LogP contribution in [0.25, 0.3) is 55.7 Å². The van der Waals surface area contributed by atoms with Gasteiger partial charge in [-0.15, -0.1) is 0 Å². The third-order valence-electron chi connectivity index (χ3n) is 6.39. The maximum atomic E-state index is 13.9. The van der Waals surface area contributed by atoms with Crippen LogP contribution in [-0.4, -0.2) is 31.1 Å². The van der Waals surface area contributed by atoms with E-state index in [1.807, 2.05) is 56.3 Å². The minimum absolute atomic E-state index is 0.00158. The van der Waals surface area contributed by atoms with Crippen molar-refractivity contribution in [1.82, 2.24) is 25.1 Å². The normalized spacial score (nSPS) is 11.5. The standard InChI is InChI=1S/C30H25FN6O/c1-17(2)11-27(38)33-22-8-4-5-18(13-22)19-9-10-25-23(14-19)29(37-36-25)30-34-26-16-32-15-24(28(26)35-30)20-6-3-7-21(31)12-20/h3-10,12-17H,11H2,1-2H3,(H,33,38)(H,34,35)(H,36,37). The van der Waals surface area contributed by atoms with Gasteiger partial charge in [0.15, 0.2) is 5.82 Å². The topological polar surface area (TPSA) is 99.3 Å². The smallest absolute Gasteiger partial charge is 0.224 e. The Labute approximate surface area is 218 Å². The van der Waals surface area contributed by atoms with E-state index in [0.29, 0.717) is 34.9 Å². The Kier molecular flexibility index (Phi) is 5.92. The zero-order valence-corrected chi connectivity index (χ0v) is 20.9. The van der Waals surface area contributed by atoms with Crippen LogP contribution in [0.4, 0.5) is 10.1 Å². The summed E-state index contributed by atoms with van der Waals surface area (Å²) in [7, 11) is 0. The molecular formula is C30H25FN6O. The van der Waals surface area contributed by atoms with Crippen molar-refractivity contribution in [2.45, 2.75) is 20.3 Å². The summed E-state index contributed by atoms with van der Waals surface area (Å²) >= 11 is 0. The first-order chi connectivity index (χ1) is 18.4. The van der Waals surface area contributed by atoms with Gasteiger partial charge in [0, 0.05) is 29.3 Å². The molecule has 8 heteroatoms. The van der Waals surface area contributed by atoms with Gasteiger partial charge < -0.3 is 10.3 Å². The summed E-state index contributed by atoms with van der Waals surface area (Å²) in [6, 6.07) is 20.3. The molecule has 0 saturated heterocycles. The van der Waals surface area contributed by atoms with Gasteiger partial charge >= 0.3 is 0 Å². The second kappa shape index (κ2) is 9.55. The van der Waals surface area contributed by atoms with Crippen LogP contribution in [0.3, 0.4) is 0 Å². The van der Waals surface area contributed by atoms with Gasteiger partial charge in [0.2, 0.25) is 5.91 Å². The van der Waals surface area contributed by atoms with Gasteiger partial charge in [-0.1, -0.05) is 44.2 Å². The number of hydrogen-bond acceptors (Lipinski definition) is 4. The number of amides is 1.